The van der Waals surface area contributed by atoms with Crippen LogP contribution in [0.5, 0.6) is 5.75 Å². The van der Waals surface area contributed by atoms with E-state index in [4.69, 9.17) is 21.7 Å². The summed E-state index contributed by atoms with van der Waals surface area (Å²) in [6, 6.07) is 20.6. The lowest BCUT2D eigenvalue weighted by molar-refractivity contribution is 0.0958. The van der Waals surface area contributed by atoms with Gasteiger partial charge in [-0.15, -0.1) is 0 Å². The number of anilines is 2. The summed E-state index contributed by atoms with van der Waals surface area (Å²) < 4.78 is 38.7. The second kappa shape index (κ2) is 11.5. The number of sulfonamides is 1. The third-order valence-corrected chi connectivity index (χ3v) is 7.62. The molecule has 2 N–H and O–H groups in total. The molecule has 0 unspecified atom stereocenters. The molecule has 1 heterocycles. The maximum Gasteiger partial charge on any atom is 0.264 e. The van der Waals surface area contributed by atoms with E-state index in [9.17, 15) is 13.2 Å². The molecule has 1 amide bonds. The summed E-state index contributed by atoms with van der Waals surface area (Å²) in [6.45, 7) is 3.63. The zero-order chi connectivity index (χ0) is 25.5. The number of fused-ring (bicyclic) bond motifs is 1. The summed E-state index contributed by atoms with van der Waals surface area (Å²) >= 11 is 5.28. The standard InChI is InChI=1S/C26H27N3O5S2/c1-2-33-17-18-34-24-10-6-4-8-22(24)25(30)28-26(35)27-20-11-13-21(14-12-20)36(31,32)29-16-15-19-7-3-5-9-23(19)29/h3-14H,2,15-18H2,1H3,(H2,27,28,30,35). The van der Waals surface area contributed by atoms with Crippen molar-refractivity contribution in [1.29, 1.82) is 0 Å². The summed E-state index contributed by atoms with van der Waals surface area (Å²) in [5.41, 5.74) is 2.61. The second-order valence-electron chi connectivity index (χ2n) is 7.93. The quantitative estimate of drug-likeness (QED) is 0.322. The summed E-state index contributed by atoms with van der Waals surface area (Å²) in [5, 5.41) is 5.62. The molecule has 3 aromatic rings. The van der Waals surface area contributed by atoms with Gasteiger partial charge in [-0.05, 0) is 73.6 Å². The van der Waals surface area contributed by atoms with Crippen LogP contribution in [0.15, 0.2) is 77.7 Å². The Morgan fingerprint density at radius 1 is 1.00 bits per heavy atom. The SMILES string of the molecule is CCOCCOc1ccccc1C(=O)NC(=S)Nc1ccc(S(=O)(=O)N2CCc3ccccc32)cc1. The predicted molar refractivity (Wildman–Crippen MR) is 143 cm³/mol. The van der Waals surface area contributed by atoms with Crippen LogP contribution >= 0.6 is 12.2 Å². The van der Waals surface area contributed by atoms with E-state index in [1.807, 2.05) is 31.2 Å². The molecule has 36 heavy (non-hydrogen) atoms. The van der Waals surface area contributed by atoms with Crippen molar-refractivity contribution in [3.05, 3.63) is 83.9 Å². The smallest absolute Gasteiger partial charge is 0.264 e. The molecule has 0 spiro atoms. The Bertz CT molecular complexity index is 1340. The maximum atomic E-state index is 13.2. The molecule has 8 nitrogen and oxygen atoms in total. The molecular weight excluding hydrogens is 498 g/mol. The molecule has 3 aromatic carbocycles. The van der Waals surface area contributed by atoms with Gasteiger partial charge in [-0.3, -0.25) is 14.4 Å². The van der Waals surface area contributed by atoms with Gasteiger partial charge in [0, 0.05) is 18.8 Å². The van der Waals surface area contributed by atoms with Crippen LogP contribution in [0, 0.1) is 0 Å². The molecule has 0 saturated heterocycles. The van der Waals surface area contributed by atoms with Gasteiger partial charge in [0.2, 0.25) is 0 Å². The molecular formula is C26H27N3O5S2. The van der Waals surface area contributed by atoms with E-state index < -0.39 is 15.9 Å². The van der Waals surface area contributed by atoms with Crippen molar-refractivity contribution < 1.29 is 22.7 Å². The maximum absolute atomic E-state index is 13.2. The zero-order valence-corrected chi connectivity index (χ0v) is 21.4. The highest BCUT2D eigenvalue weighted by Gasteiger charge is 2.30. The lowest BCUT2D eigenvalue weighted by atomic mass is 10.2. The van der Waals surface area contributed by atoms with Gasteiger partial charge in [0.25, 0.3) is 15.9 Å². The molecule has 0 aromatic heterocycles. The van der Waals surface area contributed by atoms with Crippen LogP contribution in [0.25, 0.3) is 0 Å². The van der Waals surface area contributed by atoms with Gasteiger partial charge in [0.05, 0.1) is 22.8 Å². The monoisotopic (exact) mass is 525 g/mol. The predicted octanol–water partition coefficient (Wildman–Crippen LogP) is 3.98. The number of hydrogen-bond donors (Lipinski definition) is 2. The summed E-state index contributed by atoms with van der Waals surface area (Å²) in [7, 11) is -3.69. The highest BCUT2D eigenvalue weighted by molar-refractivity contribution is 7.92. The lowest BCUT2D eigenvalue weighted by Gasteiger charge is -2.20. The molecule has 0 bridgehead atoms. The second-order valence-corrected chi connectivity index (χ2v) is 10.2. The normalized spacial score (nSPS) is 12.6. The minimum atomic E-state index is -3.69. The summed E-state index contributed by atoms with van der Waals surface area (Å²) in [6.07, 6.45) is 0.684. The number of hydrogen-bond acceptors (Lipinski definition) is 6. The molecule has 0 atom stereocenters. The minimum Gasteiger partial charge on any atom is -0.490 e. The lowest BCUT2D eigenvalue weighted by Crippen LogP contribution is -2.34. The van der Waals surface area contributed by atoms with Crippen molar-refractivity contribution in [1.82, 2.24) is 5.32 Å². The number of nitrogens with zero attached hydrogens (tertiary/aromatic N) is 1. The minimum absolute atomic E-state index is 0.0770. The molecule has 0 radical (unpaired) electrons. The van der Waals surface area contributed by atoms with E-state index >= 15 is 0 Å². The van der Waals surface area contributed by atoms with Crippen molar-refractivity contribution in [2.45, 2.75) is 18.2 Å². The third kappa shape index (κ3) is 5.84. The number of carbonyl (C=O) groups is 1. The largest absolute Gasteiger partial charge is 0.490 e. The summed E-state index contributed by atoms with van der Waals surface area (Å²) in [5.74, 6) is 0.00181. The Morgan fingerprint density at radius 3 is 2.50 bits per heavy atom. The van der Waals surface area contributed by atoms with Crippen LogP contribution in [0.1, 0.15) is 22.8 Å². The topological polar surface area (TPSA) is 97.0 Å². The Balaban J connectivity index is 1.38. The van der Waals surface area contributed by atoms with E-state index in [0.29, 0.717) is 55.5 Å². The van der Waals surface area contributed by atoms with E-state index in [1.54, 1.807) is 36.4 Å². The van der Waals surface area contributed by atoms with E-state index in [2.05, 4.69) is 10.6 Å². The molecule has 0 saturated carbocycles. The first-order valence-corrected chi connectivity index (χ1v) is 13.4. The van der Waals surface area contributed by atoms with Crippen LogP contribution in [0.4, 0.5) is 11.4 Å². The Hall–Kier alpha value is -3.47. The Kier molecular flexibility index (Phi) is 8.19. The van der Waals surface area contributed by atoms with Crippen molar-refractivity contribution in [3.8, 4) is 5.75 Å². The average Bonchev–Trinajstić information content (AvgIpc) is 3.32. The molecule has 0 aliphatic carbocycles. The molecule has 0 fully saturated rings. The number of amides is 1. The number of rotatable bonds is 9. The fourth-order valence-electron chi connectivity index (χ4n) is 3.86. The van der Waals surface area contributed by atoms with Gasteiger partial charge < -0.3 is 14.8 Å². The molecule has 188 valence electrons. The van der Waals surface area contributed by atoms with Gasteiger partial charge in [-0.1, -0.05) is 30.3 Å². The van der Waals surface area contributed by atoms with E-state index in [0.717, 1.165) is 5.56 Å². The number of thiocarbonyl (C=S) groups is 1. The van der Waals surface area contributed by atoms with Gasteiger partial charge in [0.1, 0.15) is 12.4 Å². The van der Waals surface area contributed by atoms with Crippen molar-refractivity contribution >= 4 is 44.6 Å². The molecule has 1 aliphatic heterocycles. The number of ether oxygens (including phenoxy) is 2. The molecule has 4 rings (SSSR count). The van der Waals surface area contributed by atoms with Crippen molar-refractivity contribution in [3.63, 3.8) is 0 Å². The van der Waals surface area contributed by atoms with Crippen LogP contribution in [-0.2, 0) is 21.2 Å². The van der Waals surface area contributed by atoms with Gasteiger partial charge in [0.15, 0.2) is 5.11 Å². The van der Waals surface area contributed by atoms with Crippen LogP contribution < -0.4 is 19.7 Å². The first-order chi connectivity index (χ1) is 17.4. The van der Waals surface area contributed by atoms with Gasteiger partial charge in [-0.25, -0.2) is 8.42 Å². The van der Waals surface area contributed by atoms with Crippen molar-refractivity contribution in [2.75, 3.05) is 36.0 Å². The first-order valence-electron chi connectivity index (χ1n) is 11.5. The first kappa shape index (κ1) is 25.6. The third-order valence-electron chi connectivity index (χ3n) is 5.59. The van der Waals surface area contributed by atoms with Gasteiger partial charge >= 0.3 is 0 Å². The number of para-hydroxylation sites is 2. The van der Waals surface area contributed by atoms with Crippen LogP contribution in [0.3, 0.4) is 0 Å². The number of nitrogens with one attached hydrogen (secondary N) is 2. The summed E-state index contributed by atoms with van der Waals surface area (Å²) in [4.78, 5) is 12.9. The Labute approximate surface area is 216 Å². The van der Waals surface area contributed by atoms with Crippen LogP contribution in [-0.4, -0.2) is 45.8 Å². The average molecular weight is 526 g/mol. The number of benzene rings is 3. The number of carbonyl (C=O) groups excluding carboxylic acids is 1. The van der Waals surface area contributed by atoms with E-state index in [1.165, 1.54) is 16.4 Å². The molecule has 1 aliphatic rings. The fraction of sp³-hybridized carbons (Fsp3) is 0.231. The highest BCUT2D eigenvalue weighted by Crippen LogP contribution is 2.32. The van der Waals surface area contributed by atoms with Crippen LogP contribution in [0.2, 0.25) is 0 Å². The van der Waals surface area contributed by atoms with E-state index in [-0.39, 0.29) is 10.0 Å². The zero-order valence-electron chi connectivity index (χ0n) is 19.8. The molecule has 10 heteroatoms. The van der Waals surface area contributed by atoms with Crippen molar-refractivity contribution in [2.24, 2.45) is 0 Å². The highest BCUT2D eigenvalue weighted by atomic mass is 32.2. The van der Waals surface area contributed by atoms with Gasteiger partial charge in [-0.2, -0.15) is 0 Å². The Morgan fingerprint density at radius 2 is 1.72 bits per heavy atom. The fourth-order valence-corrected chi connectivity index (χ4v) is 5.58.